The lowest BCUT2D eigenvalue weighted by molar-refractivity contribution is 0.262. The lowest BCUT2D eigenvalue weighted by Gasteiger charge is -2.08. The highest BCUT2D eigenvalue weighted by Crippen LogP contribution is 2.14. The van der Waals surface area contributed by atoms with E-state index in [0.29, 0.717) is 0 Å². The number of carbonyl (C=O) groups is 1. The number of aryl methyl sites for hydroxylation is 1. The van der Waals surface area contributed by atoms with Crippen molar-refractivity contribution in [2.75, 3.05) is 10.6 Å². The Morgan fingerprint density at radius 3 is 2.22 bits per heavy atom. The quantitative estimate of drug-likeness (QED) is 0.780. The van der Waals surface area contributed by atoms with Gasteiger partial charge >= 0.3 is 6.03 Å². The van der Waals surface area contributed by atoms with E-state index >= 15 is 0 Å². The molecule has 18 heavy (non-hydrogen) atoms. The van der Waals surface area contributed by atoms with Crippen LogP contribution in [0.15, 0.2) is 48.5 Å². The summed E-state index contributed by atoms with van der Waals surface area (Å²) in [6.45, 7) is 1.99. The normalized spacial score (nSPS) is 9.89. The van der Waals surface area contributed by atoms with Gasteiger partial charge in [-0.15, -0.1) is 0 Å². The van der Waals surface area contributed by atoms with Gasteiger partial charge in [-0.05, 0) is 65.4 Å². The van der Waals surface area contributed by atoms with Crippen LogP contribution in [0.5, 0.6) is 0 Å². The molecule has 0 heterocycles. The molecule has 2 amide bonds. The summed E-state index contributed by atoms with van der Waals surface area (Å²) in [5.74, 6) is 0. The Balaban J connectivity index is 2.01. The number of hydrogen-bond acceptors (Lipinski definition) is 1. The first-order valence-corrected chi connectivity index (χ1v) is 6.61. The van der Waals surface area contributed by atoms with Crippen molar-refractivity contribution in [3.8, 4) is 0 Å². The molecule has 0 saturated heterocycles. The van der Waals surface area contributed by atoms with Crippen LogP contribution in [0.1, 0.15) is 5.56 Å². The number of amides is 2. The minimum absolute atomic E-state index is 0.234. The molecule has 0 aliphatic carbocycles. The third-order valence-corrected chi connectivity index (χ3v) is 3.03. The summed E-state index contributed by atoms with van der Waals surface area (Å²) in [6, 6.07) is 15.1. The Labute approximate surface area is 120 Å². The third kappa shape index (κ3) is 3.73. The number of anilines is 2. The number of urea groups is 1. The lowest BCUT2D eigenvalue weighted by atomic mass is 10.2. The molecule has 2 aromatic rings. The second-order valence-electron chi connectivity index (χ2n) is 3.96. The van der Waals surface area contributed by atoms with Gasteiger partial charge in [0.2, 0.25) is 0 Å². The smallest absolute Gasteiger partial charge is 0.308 e. The van der Waals surface area contributed by atoms with E-state index in [1.807, 2.05) is 55.5 Å². The van der Waals surface area contributed by atoms with Crippen molar-refractivity contribution in [2.45, 2.75) is 6.92 Å². The number of benzene rings is 2. The van der Waals surface area contributed by atoms with Gasteiger partial charge in [0, 0.05) is 14.9 Å². The maximum Gasteiger partial charge on any atom is 0.323 e. The molecule has 0 aromatic heterocycles. The summed E-state index contributed by atoms with van der Waals surface area (Å²) in [5.41, 5.74) is 2.69. The van der Waals surface area contributed by atoms with Crippen molar-refractivity contribution < 1.29 is 4.79 Å². The van der Waals surface area contributed by atoms with Crippen LogP contribution < -0.4 is 10.6 Å². The molecular formula is C14H13IN2O. The molecule has 0 fully saturated rings. The van der Waals surface area contributed by atoms with Crippen molar-refractivity contribution >= 4 is 40.0 Å². The maximum atomic E-state index is 11.8. The molecule has 0 saturated carbocycles. The van der Waals surface area contributed by atoms with E-state index in [1.165, 1.54) is 0 Å². The molecule has 0 aliphatic heterocycles. The highest BCUT2D eigenvalue weighted by atomic mass is 127. The zero-order valence-electron chi connectivity index (χ0n) is 9.91. The van der Waals surface area contributed by atoms with Crippen LogP contribution in [0.2, 0.25) is 0 Å². The molecule has 3 nitrogen and oxygen atoms in total. The number of halogens is 1. The van der Waals surface area contributed by atoms with E-state index in [2.05, 4.69) is 33.2 Å². The van der Waals surface area contributed by atoms with E-state index in [4.69, 9.17) is 0 Å². The predicted molar refractivity (Wildman–Crippen MR) is 83.0 cm³/mol. The topological polar surface area (TPSA) is 41.1 Å². The van der Waals surface area contributed by atoms with Gasteiger partial charge in [0.15, 0.2) is 0 Å². The van der Waals surface area contributed by atoms with E-state index in [1.54, 1.807) is 0 Å². The fourth-order valence-corrected chi connectivity index (χ4v) is 2.13. The first-order chi connectivity index (χ1) is 8.63. The summed E-state index contributed by atoms with van der Waals surface area (Å²) in [6.07, 6.45) is 0. The Hall–Kier alpha value is -1.56. The SMILES string of the molecule is Cc1cccc(NC(=O)Nc2cccc(I)c2)c1. The van der Waals surface area contributed by atoms with Crippen molar-refractivity contribution in [3.63, 3.8) is 0 Å². The average Bonchev–Trinajstić information content (AvgIpc) is 2.28. The van der Waals surface area contributed by atoms with E-state index in [0.717, 1.165) is 20.5 Å². The first-order valence-electron chi connectivity index (χ1n) is 5.54. The number of carbonyl (C=O) groups excluding carboxylic acids is 1. The minimum atomic E-state index is -0.234. The first kappa shape index (κ1) is 12.9. The van der Waals surface area contributed by atoms with Crippen LogP contribution in [0.25, 0.3) is 0 Å². The predicted octanol–water partition coefficient (Wildman–Crippen LogP) is 4.24. The number of hydrogen-bond donors (Lipinski definition) is 2. The van der Waals surface area contributed by atoms with Crippen LogP contribution >= 0.6 is 22.6 Å². The summed E-state index contributed by atoms with van der Waals surface area (Å²) in [7, 11) is 0. The molecule has 0 spiro atoms. The molecule has 2 aromatic carbocycles. The Morgan fingerprint density at radius 2 is 1.61 bits per heavy atom. The number of nitrogens with one attached hydrogen (secondary N) is 2. The Kier molecular flexibility index (Phi) is 4.19. The molecule has 0 unspecified atom stereocenters. The molecular weight excluding hydrogens is 339 g/mol. The second kappa shape index (κ2) is 5.86. The summed E-state index contributed by atoms with van der Waals surface area (Å²) < 4.78 is 1.08. The molecule has 0 bridgehead atoms. The number of rotatable bonds is 2. The van der Waals surface area contributed by atoms with Crippen LogP contribution in [-0.4, -0.2) is 6.03 Å². The van der Waals surface area contributed by atoms with Gasteiger partial charge in [0.25, 0.3) is 0 Å². The van der Waals surface area contributed by atoms with Gasteiger partial charge in [-0.3, -0.25) is 0 Å². The monoisotopic (exact) mass is 352 g/mol. The largest absolute Gasteiger partial charge is 0.323 e. The zero-order chi connectivity index (χ0) is 13.0. The Bertz CT molecular complexity index is 520. The van der Waals surface area contributed by atoms with Gasteiger partial charge in [-0.1, -0.05) is 18.2 Å². The molecule has 2 rings (SSSR count). The van der Waals surface area contributed by atoms with Crippen LogP contribution in [0.4, 0.5) is 16.2 Å². The fraction of sp³-hybridized carbons (Fsp3) is 0.0714. The standard InChI is InChI=1S/C14H13IN2O/c1-10-4-2-6-12(8-10)16-14(18)17-13-7-3-5-11(15)9-13/h2-9H,1H3,(H2,16,17,18). The average molecular weight is 352 g/mol. The van der Waals surface area contributed by atoms with Crippen LogP contribution in [0, 0.1) is 10.5 Å². The summed E-state index contributed by atoms with van der Waals surface area (Å²) in [4.78, 5) is 11.8. The summed E-state index contributed by atoms with van der Waals surface area (Å²) in [5, 5.41) is 5.59. The molecule has 0 aliphatic rings. The van der Waals surface area contributed by atoms with E-state index < -0.39 is 0 Å². The molecule has 92 valence electrons. The fourth-order valence-electron chi connectivity index (χ4n) is 1.58. The van der Waals surface area contributed by atoms with E-state index in [-0.39, 0.29) is 6.03 Å². The molecule has 4 heteroatoms. The van der Waals surface area contributed by atoms with Gasteiger partial charge < -0.3 is 10.6 Å². The second-order valence-corrected chi connectivity index (χ2v) is 5.20. The van der Waals surface area contributed by atoms with Gasteiger partial charge in [0.1, 0.15) is 0 Å². The molecule has 2 N–H and O–H groups in total. The molecule has 0 atom stereocenters. The van der Waals surface area contributed by atoms with Crippen LogP contribution in [-0.2, 0) is 0 Å². The molecule has 0 radical (unpaired) electrons. The van der Waals surface area contributed by atoms with E-state index in [9.17, 15) is 4.79 Å². The summed E-state index contributed by atoms with van der Waals surface area (Å²) >= 11 is 2.21. The third-order valence-electron chi connectivity index (χ3n) is 2.36. The van der Waals surface area contributed by atoms with Crippen molar-refractivity contribution in [1.82, 2.24) is 0 Å². The van der Waals surface area contributed by atoms with Gasteiger partial charge in [0.05, 0.1) is 0 Å². The van der Waals surface area contributed by atoms with Crippen molar-refractivity contribution in [1.29, 1.82) is 0 Å². The van der Waals surface area contributed by atoms with Gasteiger partial charge in [-0.25, -0.2) is 4.79 Å². The highest BCUT2D eigenvalue weighted by Gasteiger charge is 2.02. The van der Waals surface area contributed by atoms with Crippen molar-refractivity contribution in [3.05, 3.63) is 57.7 Å². The lowest BCUT2D eigenvalue weighted by Crippen LogP contribution is -2.19. The highest BCUT2D eigenvalue weighted by molar-refractivity contribution is 14.1. The zero-order valence-corrected chi connectivity index (χ0v) is 12.1. The Morgan fingerprint density at radius 1 is 1.00 bits per heavy atom. The van der Waals surface area contributed by atoms with Crippen molar-refractivity contribution in [2.24, 2.45) is 0 Å². The van der Waals surface area contributed by atoms with Crippen LogP contribution in [0.3, 0.4) is 0 Å². The van der Waals surface area contributed by atoms with Gasteiger partial charge in [-0.2, -0.15) is 0 Å². The minimum Gasteiger partial charge on any atom is -0.308 e. The maximum absolute atomic E-state index is 11.8.